The predicted octanol–water partition coefficient (Wildman–Crippen LogP) is -0.421. The minimum absolute atomic E-state index is 0.0460. The average molecular weight is 488 g/mol. The van der Waals surface area contributed by atoms with Gasteiger partial charge in [-0.2, -0.15) is 0 Å². The number of carbonyl (C=O) groups is 5. The standard InChI is InChI=1S/C23H29N5O7/c24-11-19(29)28-9-3-6-18(28)22(33)27-17(10-13-12-25-15-5-2-1-4-14(13)15)21(32)26-16(23(34)35)7-8-20(30)31/h1-2,4-5,12,16-18,25H,3,6-11,24H2,(H,26,32)(H,27,33)(H,30,31)(H,34,35). The number of aliphatic carboxylic acids is 2. The van der Waals surface area contributed by atoms with E-state index in [0.717, 1.165) is 16.5 Å². The number of nitrogens with zero attached hydrogens (tertiary/aromatic N) is 1. The minimum Gasteiger partial charge on any atom is -0.481 e. The zero-order valence-corrected chi connectivity index (χ0v) is 19.0. The van der Waals surface area contributed by atoms with E-state index < -0.39 is 48.3 Å². The quantitative estimate of drug-likeness (QED) is 0.246. The maximum Gasteiger partial charge on any atom is 0.326 e. The number of carboxylic acids is 2. The molecule has 188 valence electrons. The number of para-hydroxylation sites is 1. The van der Waals surface area contributed by atoms with Crippen LogP contribution < -0.4 is 16.4 Å². The van der Waals surface area contributed by atoms with E-state index in [2.05, 4.69) is 15.6 Å². The first-order valence-corrected chi connectivity index (χ1v) is 11.3. The first kappa shape index (κ1) is 25.7. The van der Waals surface area contributed by atoms with Crippen molar-refractivity contribution in [3.63, 3.8) is 0 Å². The third-order valence-corrected chi connectivity index (χ3v) is 6.04. The van der Waals surface area contributed by atoms with Crippen molar-refractivity contribution >= 4 is 40.6 Å². The van der Waals surface area contributed by atoms with Gasteiger partial charge in [0, 0.05) is 36.5 Å². The first-order chi connectivity index (χ1) is 16.7. The molecular weight excluding hydrogens is 458 g/mol. The van der Waals surface area contributed by atoms with Crippen LogP contribution in [0.5, 0.6) is 0 Å². The number of benzene rings is 1. The van der Waals surface area contributed by atoms with E-state index in [1.165, 1.54) is 4.90 Å². The molecule has 2 aromatic rings. The molecule has 1 aromatic carbocycles. The zero-order valence-electron chi connectivity index (χ0n) is 19.0. The Hall–Kier alpha value is -3.93. The molecule has 0 saturated carbocycles. The Labute approximate surface area is 200 Å². The Balaban J connectivity index is 1.82. The Morgan fingerprint density at radius 3 is 2.54 bits per heavy atom. The monoisotopic (exact) mass is 487 g/mol. The number of aromatic amines is 1. The highest BCUT2D eigenvalue weighted by atomic mass is 16.4. The predicted molar refractivity (Wildman–Crippen MR) is 124 cm³/mol. The van der Waals surface area contributed by atoms with Gasteiger partial charge in [-0.1, -0.05) is 18.2 Å². The van der Waals surface area contributed by atoms with Crippen molar-refractivity contribution < 1.29 is 34.2 Å². The molecule has 7 N–H and O–H groups in total. The van der Waals surface area contributed by atoms with Gasteiger partial charge in [0.2, 0.25) is 17.7 Å². The van der Waals surface area contributed by atoms with E-state index in [9.17, 15) is 29.1 Å². The molecule has 2 heterocycles. The summed E-state index contributed by atoms with van der Waals surface area (Å²) in [6, 6.07) is 3.99. The summed E-state index contributed by atoms with van der Waals surface area (Å²) in [5.41, 5.74) is 7.00. The van der Waals surface area contributed by atoms with Crippen LogP contribution in [0.3, 0.4) is 0 Å². The molecule has 12 heteroatoms. The number of carbonyl (C=O) groups excluding carboxylic acids is 3. The van der Waals surface area contributed by atoms with E-state index in [4.69, 9.17) is 10.8 Å². The summed E-state index contributed by atoms with van der Waals surface area (Å²) in [6.45, 7) is 0.136. The lowest BCUT2D eigenvalue weighted by Crippen LogP contribution is -2.56. The average Bonchev–Trinajstić information content (AvgIpc) is 3.48. The molecule has 1 aliphatic heterocycles. The van der Waals surface area contributed by atoms with Crippen LogP contribution in [-0.2, 0) is 30.4 Å². The Kier molecular flexibility index (Phi) is 8.42. The number of aromatic nitrogens is 1. The summed E-state index contributed by atoms with van der Waals surface area (Å²) in [5.74, 6) is -4.26. The third kappa shape index (κ3) is 6.35. The summed E-state index contributed by atoms with van der Waals surface area (Å²) < 4.78 is 0. The molecular formula is C23H29N5O7. The molecule has 1 aromatic heterocycles. The van der Waals surface area contributed by atoms with E-state index in [1.807, 2.05) is 24.3 Å². The van der Waals surface area contributed by atoms with Crippen LogP contribution in [0.25, 0.3) is 10.9 Å². The first-order valence-electron chi connectivity index (χ1n) is 11.3. The van der Waals surface area contributed by atoms with Crippen molar-refractivity contribution in [2.45, 2.75) is 50.2 Å². The third-order valence-electron chi connectivity index (χ3n) is 6.04. The van der Waals surface area contributed by atoms with Crippen LogP contribution >= 0.6 is 0 Å². The molecule has 12 nitrogen and oxygen atoms in total. The van der Waals surface area contributed by atoms with Crippen LogP contribution in [0.15, 0.2) is 30.5 Å². The van der Waals surface area contributed by atoms with Gasteiger partial charge in [-0.25, -0.2) is 4.79 Å². The maximum atomic E-state index is 13.1. The number of amides is 3. The molecule has 0 radical (unpaired) electrons. The molecule has 3 atom stereocenters. The fourth-order valence-electron chi connectivity index (χ4n) is 4.25. The van der Waals surface area contributed by atoms with Gasteiger partial charge in [0.15, 0.2) is 0 Å². The number of hydrogen-bond donors (Lipinski definition) is 6. The molecule has 1 saturated heterocycles. The van der Waals surface area contributed by atoms with Gasteiger partial charge in [-0.15, -0.1) is 0 Å². The summed E-state index contributed by atoms with van der Waals surface area (Å²) in [5, 5.41) is 24.2. The highest BCUT2D eigenvalue weighted by Crippen LogP contribution is 2.21. The number of nitrogens with two attached hydrogens (primary N) is 1. The molecule has 0 aliphatic carbocycles. The largest absolute Gasteiger partial charge is 0.481 e. The fraction of sp³-hybridized carbons (Fsp3) is 0.435. The van der Waals surface area contributed by atoms with Gasteiger partial charge in [0.05, 0.1) is 6.54 Å². The van der Waals surface area contributed by atoms with Crippen molar-refractivity contribution in [1.29, 1.82) is 0 Å². The summed E-state index contributed by atoms with van der Waals surface area (Å²) in [6.07, 6.45) is 2.01. The zero-order chi connectivity index (χ0) is 25.5. The van der Waals surface area contributed by atoms with Crippen molar-refractivity contribution in [2.75, 3.05) is 13.1 Å². The maximum absolute atomic E-state index is 13.1. The smallest absolute Gasteiger partial charge is 0.326 e. The molecule has 0 spiro atoms. The second kappa shape index (κ2) is 11.5. The molecule has 1 fully saturated rings. The summed E-state index contributed by atoms with van der Waals surface area (Å²) in [7, 11) is 0. The van der Waals surface area contributed by atoms with E-state index in [0.29, 0.717) is 19.4 Å². The van der Waals surface area contributed by atoms with Crippen molar-refractivity contribution in [3.8, 4) is 0 Å². The van der Waals surface area contributed by atoms with Crippen LogP contribution in [0.4, 0.5) is 0 Å². The SMILES string of the molecule is NCC(=O)N1CCCC1C(=O)NC(Cc1c[nH]c2ccccc12)C(=O)NC(CCC(=O)O)C(=O)O. The lowest BCUT2D eigenvalue weighted by atomic mass is 10.0. The number of carboxylic acid groups (broad SMARTS) is 2. The molecule has 3 rings (SSSR count). The number of nitrogens with one attached hydrogen (secondary N) is 3. The lowest BCUT2D eigenvalue weighted by molar-refractivity contribution is -0.143. The van der Waals surface area contributed by atoms with Gasteiger partial charge >= 0.3 is 11.9 Å². The second-order valence-electron chi connectivity index (χ2n) is 8.41. The van der Waals surface area contributed by atoms with Crippen molar-refractivity contribution in [2.24, 2.45) is 5.73 Å². The number of likely N-dealkylation sites (tertiary alicyclic amines) is 1. The number of H-pyrrole nitrogens is 1. The van der Waals surface area contributed by atoms with E-state index in [-0.39, 0.29) is 25.3 Å². The molecule has 3 amide bonds. The minimum atomic E-state index is -1.44. The van der Waals surface area contributed by atoms with Gasteiger partial charge in [0.25, 0.3) is 0 Å². The molecule has 1 aliphatic rings. The van der Waals surface area contributed by atoms with E-state index in [1.54, 1.807) is 6.20 Å². The lowest BCUT2D eigenvalue weighted by Gasteiger charge is -2.26. The Morgan fingerprint density at radius 2 is 1.86 bits per heavy atom. The van der Waals surface area contributed by atoms with Gasteiger partial charge in [-0.05, 0) is 30.9 Å². The van der Waals surface area contributed by atoms with Crippen LogP contribution in [0.2, 0.25) is 0 Å². The highest BCUT2D eigenvalue weighted by Gasteiger charge is 2.36. The van der Waals surface area contributed by atoms with Crippen LogP contribution in [-0.4, -0.2) is 81.0 Å². The summed E-state index contributed by atoms with van der Waals surface area (Å²) >= 11 is 0. The van der Waals surface area contributed by atoms with Crippen molar-refractivity contribution in [1.82, 2.24) is 20.5 Å². The topological polar surface area (TPSA) is 195 Å². The van der Waals surface area contributed by atoms with E-state index >= 15 is 0 Å². The number of rotatable bonds is 11. The molecule has 0 bridgehead atoms. The number of fused-ring (bicyclic) bond motifs is 1. The molecule has 3 unspecified atom stereocenters. The van der Waals surface area contributed by atoms with Crippen LogP contribution in [0.1, 0.15) is 31.2 Å². The van der Waals surface area contributed by atoms with Gasteiger partial charge < -0.3 is 36.5 Å². The normalized spacial score (nSPS) is 17.1. The highest BCUT2D eigenvalue weighted by molar-refractivity contribution is 5.94. The van der Waals surface area contributed by atoms with Gasteiger partial charge in [-0.3, -0.25) is 19.2 Å². The van der Waals surface area contributed by atoms with Gasteiger partial charge in [0.1, 0.15) is 18.1 Å². The Bertz CT molecular complexity index is 1110. The number of hydrogen-bond acceptors (Lipinski definition) is 6. The van der Waals surface area contributed by atoms with Crippen LogP contribution in [0, 0.1) is 0 Å². The second-order valence-corrected chi connectivity index (χ2v) is 8.41. The fourth-order valence-corrected chi connectivity index (χ4v) is 4.25. The molecule has 35 heavy (non-hydrogen) atoms. The summed E-state index contributed by atoms with van der Waals surface area (Å²) in [4.78, 5) is 65.3. The Morgan fingerprint density at radius 1 is 1.11 bits per heavy atom. The van der Waals surface area contributed by atoms with Crippen molar-refractivity contribution in [3.05, 3.63) is 36.0 Å².